The second-order valence-corrected chi connectivity index (χ2v) is 3.84. The number of nitrogens with two attached hydrogens (primary N) is 1. The minimum Gasteiger partial charge on any atom is -0.465 e. The lowest BCUT2D eigenvalue weighted by Crippen LogP contribution is -2.38. The van der Waals surface area contributed by atoms with E-state index >= 15 is 0 Å². The molecule has 0 aromatic heterocycles. The number of carbonyl (C=O) groups is 1. The zero-order valence-corrected chi connectivity index (χ0v) is 8.22. The van der Waals surface area contributed by atoms with E-state index in [1.54, 1.807) is 0 Å². The number of rotatable bonds is 3. The van der Waals surface area contributed by atoms with Crippen molar-refractivity contribution >= 4 is 6.09 Å². The minimum atomic E-state index is -0.845. The molecule has 1 aliphatic rings. The maximum absolute atomic E-state index is 10.6. The Morgan fingerprint density at radius 3 is 2.50 bits per heavy atom. The summed E-state index contributed by atoms with van der Waals surface area (Å²) in [6.07, 6.45) is 1.09. The van der Waals surface area contributed by atoms with Crippen LogP contribution in [0.3, 0.4) is 0 Å². The minimum absolute atomic E-state index is 0.291. The van der Waals surface area contributed by atoms with Gasteiger partial charge in [-0.15, -0.1) is 0 Å². The van der Waals surface area contributed by atoms with E-state index in [9.17, 15) is 9.90 Å². The smallest absolute Gasteiger partial charge is 0.407 e. The molecule has 5 nitrogen and oxygen atoms in total. The van der Waals surface area contributed by atoms with Crippen LogP contribution in [0.5, 0.6) is 0 Å². The van der Waals surface area contributed by atoms with Gasteiger partial charge in [-0.2, -0.15) is 0 Å². The average Bonchev–Trinajstić information content (AvgIpc) is 2.18. The number of aliphatic hydroxyl groups excluding tert-OH is 1. The predicted molar refractivity (Wildman–Crippen MR) is 52.0 cm³/mol. The molecule has 1 rings (SSSR count). The molecular weight excluding hydrogens is 184 g/mol. The standard InChI is InChI=1S/C9H18N2O3/c10-6-8(12)5-7-1-3-11(4-2-7)9(13)14/h7-8,12H,1-6,10H2,(H,13,14). The molecule has 1 fully saturated rings. The van der Waals surface area contributed by atoms with E-state index in [0.29, 0.717) is 32.0 Å². The van der Waals surface area contributed by atoms with Crippen LogP contribution in [0.25, 0.3) is 0 Å². The maximum atomic E-state index is 10.6. The molecule has 1 saturated heterocycles. The van der Waals surface area contributed by atoms with Crippen molar-refractivity contribution in [1.29, 1.82) is 0 Å². The van der Waals surface area contributed by atoms with Gasteiger partial charge in [-0.3, -0.25) is 0 Å². The predicted octanol–water partition coefficient (Wildman–Crippen LogP) is 0.0861. The Labute approximate surface area is 83.5 Å². The van der Waals surface area contributed by atoms with Gasteiger partial charge in [0, 0.05) is 19.6 Å². The molecule has 1 heterocycles. The summed E-state index contributed by atoms with van der Waals surface area (Å²) in [6.45, 7) is 1.45. The monoisotopic (exact) mass is 202 g/mol. The highest BCUT2D eigenvalue weighted by Crippen LogP contribution is 2.21. The fraction of sp³-hybridized carbons (Fsp3) is 0.889. The Morgan fingerprint density at radius 2 is 2.07 bits per heavy atom. The second kappa shape index (κ2) is 5.17. The van der Waals surface area contributed by atoms with Gasteiger partial charge in [0.25, 0.3) is 0 Å². The normalized spacial score (nSPS) is 20.9. The van der Waals surface area contributed by atoms with Crippen molar-refractivity contribution < 1.29 is 15.0 Å². The number of nitrogens with zero attached hydrogens (tertiary/aromatic N) is 1. The van der Waals surface area contributed by atoms with Crippen LogP contribution in [0.1, 0.15) is 19.3 Å². The summed E-state index contributed by atoms with van der Waals surface area (Å²) in [7, 11) is 0. The molecule has 4 N–H and O–H groups in total. The molecule has 0 aromatic carbocycles. The summed E-state index contributed by atoms with van der Waals surface area (Å²) in [6, 6.07) is 0. The Bertz CT molecular complexity index is 190. The summed E-state index contributed by atoms with van der Waals surface area (Å²) in [5.74, 6) is 0.421. The summed E-state index contributed by atoms with van der Waals surface area (Å²) in [5.41, 5.74) is 5.31. The Hall–Kier alpha value is -0.810. The number of hydrogen-bond donors (Lipinski definition) is 3. The number of amides is 1. The molecule has 0 radical (unpaired) electrons. The number of hydrogen-bond acceptors (Lipinski definition) is 3. The first kappa shape index (κ1) is 11.3. The van der Waals surface area contributed by atoms with E-state index in [2.05, 4.69) is 0 Å². The van der Waals surface area contributed by atoms with Crippen LogP contribution < -0.4 is 5.73 Å². The van der Waals surface area contributed by atoms with Crippen molar-refractivity contribution in [2.24, 2.45) is 11.7 Å². The van der Waals surface area contributed by atoms with Crippen molar-refractivity contribution in [2.75, 3.05) is 19.6 Å². The van der Waals surface area contributed by atoms with Crippen molar-refractivity contribution in [3.63, 3.8) is 0 Å². The quantitative estimate of drug-likeness (QED) is 0.605. The molecule has 0 saturated carbocycles. The van der Waals surface area contributed by atoms with Crippen LogP contribution in [0.4, 0.5) is 4.79 Å². The lowest BCUT2D eigenvalue weighted by Gasteiger charge is -2.30. The largest absolute Gasteiger partial charge is 0.465 e. The number of piperidine rings is 1. The second-order valence-electron chi connectivity index (χ2n) is 3.84. The highest BCUT2D eigenvalue weighted by atomic mass is 16.4. The zero-order chi connectivity index (χ0) is 10.6. The van der Waals surface area contributed by atoms with Gasteiger partial charge < -0.3 is 20.8 Å². The summed E-state index contributed by atoms with van der Waals surface area (Å²) in [4.78, 5) is 12.0. The molecule has 0 aromatic rings. The van der Waals surface area contributed by atoms with Crippen molar-refractivity contribution in [1.82, 2.24) is 4.90 Å². The first-order valence-electron chi connectivity index (χ1n) is 4.99. The summed E-state index contributed by atoms with van der Waals surface area (Å²) in [5, 5.41) is 18.0. The topological polar surface area (TPSA) is 86.8 Å². The van der Waals surface area contributed by atoms with E-state index in [0.717, 1.165) is 12.8 Å². The lowest BCUT2D eigenvalue weighted by atomic mass is 9.91. The van der Waals surface area contributed by atoms with Crippen LogP contribution in [-0.4, -0.2) is 46.9 Å². The van der Waals surface area contributed by atoms with Gasteiger partial charge in [0.05, 0.1) is 6.10 Å². The van der Waals surface area contributed by atoms with Crippen LogP contribution in [-0.2, 0) is 0 Å². The van der Waals surface area contributed by atoms with Gasteiger partial charge in [0.1, 0.15) is 0 Å². The van der Waals surface area contributed by atoms with Gasteiger partial charge in [0.2, 0.25) is 0 Å². The molecule has 1 amide bonds. The van der Waals surface area contributed by atoms with Gasteiger partial charge in [-0.25, -0.2) is 4.79 Å². The van der Waals surface area contributed by atoms with E-state index in [1.165, 1.54) is 4.90 Å². The van der Waals surface area contributed by atoms with E-state index in [1.807, 2.05) is 0 Å². The van der Waals surface area contributed by atoms with Gasteiger partial charge in [0.15, 0.2) is 0 Å². The van der Waals surface area contributed by atoms with Crippen LogP contribution in [0, 0.1) is 5.92 Å². The molecule has 0 bridgehead atoms. The third-order valence-electron chi connectivity index (χ3n) is 2.76. The van der Waals surface area contributed by atoms with Crippen LogP contribution >= 0.6 is 0 Å². The maximum Gasteiger partial charge on any atom is 0.407 e. The summed E-state index contributed by atoms with van der Waals surface area (Å²) >= 11 is 0. The third-order valence-corrected chi connectivity index (χ3v) is 2.76. The molecule has 82 valence electrons. The highest BCUT2D eigenvalue weighted by molar-refractivity contribution is 5.64. The Morgan fingerprint density at radius 1 is 1.50 bits per heavy atom. The van der Waals surface area contributed by atoms with Crippen LogP contribution in [0.2, 0.25) is 0 Å². The molecular formula is C9H18N2O3. The highest BCUT2D eigenvalue weighted by Gasteiger charge is 2.23. The SMILES string of the molecule is NCC(O)CC1CCN(C(=O)O)CC1. The van der Waals surface area contributed by atoms with Gasteiger partial charge >= 0.3 is 6.09 Å². The number of likely N-dealkylation sites (tertiary alicyclic amines) is 1. The van der Waals surface area contributed by atoms with Gasteiger partial charge in [-0.05, 0) is 25.2 Å². The summed E-state index contributed by atoms with van der Waals surface area (Å²) < 4.78 is 0. The Kier molecular flexibility index (Phi) is 4.16. The molecule has 14 heavy (non-hydrogen) atoms. The van der Waals surface area contributed by atoms with Crippen LogP contribution in [0.15, 0.2) is 0 Å². The first-order valence-corrected chi connectivity index (χ1v) is 4.99. The van der Waals surface area contributed by atoms with Crippen molar-refractivity contribution in [3.05, 3.63) is 0 Å². The Balaban J connectivity index is 2.25. The van der Waals surface area contributed by atoms with E-state index in [4.69, 9.17) is 10.8 Å². The van der Waals surface area contributed by atoms with E-state index in [-0.39, 0.29) is 0 Å². The fourth-order valence-corrected chi connectivity index (χ4v) is 1.84. The van der Waals surface area contributed by atoms with Crippen molar-refractivity contribution in [2.45, 2.75) is 25.4 Å². The first-order chi connectivity index (χ1) is 6.63. The van der Waals surface area contributed by atoms with Crippen molar-refractivity contribution in [3.8, 4) is 0 Å². The molecule has 0 spiro atoms. The lowest BCUT2D eigenvalue weighted by molar-refractivity contribution is 0.101. The average molecular weight is 202 g/mol. The zero-order valence-electron chi connectivity index (χ0n) is 8.22. The molecule has 1 unspecified atom stereocenters. The molecule has 5 heteroatoms. The third kappa shape index (κ3) is 3.16. The molecule has 1 atom stereocenters. The fourth-order valence-electron chi connectivity index (χ4n) is 1.84. The number of carboxylic acid groups (broad SMARTS) is 1. The molecule has 1 aliphatic heterocycles. The van der Waals surface area contributed by atoms with Gasteiger partial charge in [-0.1, -0.05) is 0 Å². The number of aliphatic hydroxyl groups is 1. The molecule has 0 aliphatic carbocycles. The van der Waals surface area contributed by atoms with E-state index < -0.39 is 12.2 Å².